The number of carbonyl (C=O) groups is 1. The molecule has 0 saturated carbocycles. The molecule has 1 N–H and O–H groups in total. The van der Waals surface area contributed by atoms with E-state index in [1.807, 2.05) is 13.1 Å². The Labute approximate surface area is 121 Å². The molecule has 0 spiro atoms. The van der Waals surface area contributed by atoms with Crippen molar-refractivity contribution in [2.24, 2.45) is 0 Å². The van der Waals surface area contributed by atoms with Gasteiger partial charge in [-0.2, -0.15) is 0 Å². The molecule has 2 heterocycles. The van der Waals surface area contributed by atoms with E-state index < -0.39 is 0 Å². The van der Waals surface area contributed by atoms with Crippen molar-refractivity contribution in [2.45, 2.75) is 52.6 Å². The van der Waals surface area contributed by atoms with Crippen LogP contribution >= 0.6 is 0 Å². The number of amides is 1. The summed E-state index contributed by atoms with van der Waals surface area (Å²) in [5.41, 5.74) is 3.30. The van der Waals surface area contributed by atoms with Gasteiger partial charge in [0.15, 0.2) is 0 Å². The number of nitrogens with zero attached hydrogens (tertiary/aromatic N) is 2. The molecule has 0 unspecified atom stereocenters. The first-order valence-corrected chi connectivity index (χ1v) is 7.55. The molecule has 1 aliphatic rings. The molecule has 1 atom stereocenters. The van der Waals surface area contributed by atoms with Crippen LogP contribution in [0.25, 0.3) is 0 Å². The summed E-state index contributed by atoms with van der Waals surface area (Å²) in [5, 5.41) is 3.07. The maximum absolute atomic E-state index is 12.3. The fraction of sp³-hybridized carbons (Fsp3) is 0.625. The van der Waals surface area contributed by atoms with E-state index in [2.05, 4.69) is 35.1 Å². The van der Waals surface area contributed by atoms with E-state index in [1.54, 1.807) is 0 Å². The molecule has 4 nitrogen and oxygen atoms in total. The summed E-state index contributed by atoms with van der Waals surface area (Å²) in [5.74, 6) is 0.148. The largest absolute Gasteiger partial charge is 0.351 e. The third-order valence-electron chi connectivity index (χ3n) is 4.08. The van der Waals surface area contributed by atoms with E-state index in [4.69, 9.17) is 0 Å². The molecular formula is C16H25N3O. The van der Waals surface area contributed by atoms with Gasteiger partial charge in [0.25, 0.3) is 0 Å². The zero-order valence-electron chi connectivity index (χ0n) is 12.8. The van der Waals surface area contributed by atoms with Gasteiger partial charge in [0, 0.05) is 18.4 Å². The molecule has 1 aromatic rings. The highest BCUT2D eigenvalue weighted by atomic mass is 16.2. The Bertz CT molecular complexity index is 467. The van der Waals surface area contributed by atoms with Gasteiger partial charge in [-0.25, -0.2) is 0 Å². The number of aromatic nitrogens is 1. The topological polar surface area (TPSA) is 45.2 Å². The quantitative estimate of drug-likeness (QED) is 0.896. The van der Waals surface area contributed by atoms with Gasteiger partial charge in [-0.1, -0.05) is 6.92 Å². The molecule has 0 aliphatic carbocycles. The average Bonchev–Trinajstić information content (AvgIpc) is 2.92. The van der Waals surface area contributed by atoms with Crippen molar-refractivity contribution in [2.75, 3.05) is 13.1 Å². The van der Waals surface area contributed by atoms with E-state index in [0.29, 0.717) is 6.54 Å². The van der Waals surface area contributed by atoms with Crippen LogP contribution in [0.5, 0.6) is 0 Å². The minimum Gasteiger partial charge on any atom is -0.351 e. The lowest BCUT2D eigenvalue weighted by Gasteiger charge is -2.25. The summed E-state index contributed by atoms with van der Waals surface area (Å²) in [6.45, 7) is 8.81. The highest BCUT2D eigenvalue weighted by Crippen LogP contribution is 2.14. The van der Waals surface area contributed by atoms with E-state index >= 15 is 0 Å². The molecule has 0 radical (unpaired) electrons. The first kappa shape index (κ1) is 15.0. The van der Waals surface area contributed by atoms with Crippen molar-refractivity contribution in [3.63, 3.8) is 0 Å². The van der Waals surface area contributed by atoms with Gasteiger partial charge in [-0.05, 0) is 63.4 Å². The monoisotopic (exact) mass is 275 g/mol. The molecule has 2 rings (SSSR count). The zero-order valence-corrected chi connectivity index (χ0v) is 12.8. The van der Waals surface area contributed by atoms with Crippen molar-refractivity contribution in [3.05, 3.63) is 29.1 Å². The summed E-state index contributed by atoms with van der Waals surface area (Å²) in [6, 6.07) is 2.08. The normalized spacial score (nSPS) is 17.1. The SMILES string of the molecule is CC[C@@H](C(=O)NCc1cnc(C)cc1C)N1CCCC1. The van der Waals surface area contributed by atoms with Gasteiger partial charge >= 0.3 is 0 Å². The first-order valence-electron chi connectivity index (χ1n) is 7.55. The second-order valence-corrected chi connectivity index (χ2v) is 5.64. The molecule has 1 fully saturated rings. The predicted molar refractivity (Wildman–Crippen MR) is 80.4 cm³/mol. The summed E-state index contributed by atoms with van der Waals surface area (Å²) < 4.78 is 0. The van der Waals surface area contributed by atoms with Crippen LogP contribution in [0.1, 0.15) is 43.0 Å². The Morgan fingerprint density at radius 3 is 2.70 bits per heavy atom. The highest BCUT2D eigenvalue weighted by Gasteiger charge is 2.26. The number of rotatable bonds is 5. The number of likely N-dealkylation sites (tertiary alicyclic amines) is 1. The molecule has 1 aromatic heterocycles. The molecule has 1 aliphatic heterocycles. The molecule has 4 heteroatoms. The molecule has 0 bridgehead atoms. The van der Waals surface area contributed by atoms with Crippen molar-refractivity contribution in [1.29, 1.82) is 0 Å². The first-order chi connectivity index (χ1) is 9.61. The molecule has 1 saturated heterocycles. The Hall–Kier alpha value is -1.42. The number of carbonyl (C=O) groups excluding carboxylic acids is 1. The smallest absolute Gasteiger partial charge is 0.237 e. The summed E-state index contributed by atoms with van der Waals surface area (Å²) >= 11 is 0. The zero-order chi connectivity index (χ0) is 14.5. The minimum atomic E-state index is 0.0243. The lowest BCUT2D eigenvalue weighted by atomic mass is 10.1. The Balaban J connectivity index is 1.93. The van der Waals surface area contributed by atoms with E-state index in [-0.39, 0.29) is 11.9 Å². The van der Waals surface area contributed by atoms with Crippen LogP contribution in [-0.4, -0.2) is 34.9 Å². The number of nitrogens with one attached hydrogen (secondary N) is 1. The second kappa shape index (κ2) is 6.84. The van der Waals surface area contributed by atoms with Crippen LogP contribution in [0.15, 0.2) is 12.3 Å². The highest BCUT2D eigenvalue weighted by molar-refractivity contribution is 5.81. The summed E-state index contributed by atoms with van der Waals surface area (Å²) in [7, 11) is 0. The van der Waals surface area contributed by atoms with Gasteiger partial charge < -0.3 is 5.32 Å². The van der Waals surface area contributed by atoms with Crippen molar-refractivity contribution >= 4 is 5.91 Å². The standard InChI is InChI=1S/C16H25N3O/c1-4-15(19-7-5-6-8-19)16(20)18-11-14-10-17-13(3)9-12(14)2/h9-10,15H,4-8,11H2,1-3H3,(H,18,20)/t15-/m0/s1. The molecular weight excluding hydrogens is 250 g/mol. The average molecular weight is 275 g/mol. The molecule has 1 amide bonds. The Morgan fingerprint density at radius 1 is 1.40 bits per heavy atom. The van der Waals surface area contributed by atoms with Gasteiger partial charge in [0.2, 0.25) is 5.91 Å². The van der Waals surface area contributed by atoms with E-state index in [0.717, 1.165) is 30.8 Å². The number of pyridine rings is 1. The van der Waals surface area contributed by atoms with Crippen molar-refractivity contribution < 1.29 is 4.79 Å². The molecule has 0 aromatic carbocycles. The van der Waals surface area contributed by atoms with Crippen LogP contribution in [0.2, 0.25) is 0 Å². The third-order valence-corrected chi connectivity index (χ3v) is 4.08. The summed E-state index contributed by atoms with van der Waals surface area (Å²) in [6.07, 6.45) is 5.16. The predicted octanol–water partition coefficient (Wildman–Crippen LogP) is 2.19. The van der Waals surface area contributed by atoms with Crippen LogP contribution < -0.4 is 5.32 Å². The van der Waals surface area contributed by atoms with Crippen molar-refractivity contribution in [3.8, 4) is 0 Å². The van der Waals surface area contributed by atoms with E-state index in [1.165, 1.54) is 18.4 Å². The van der Waals surface area contributed by atoms with Crippen LogP contribution in [0, 0.1) is 13.8 Å². The number of aryl methyl sites for hydroxylation is 2. The van der Waals surface area contributed by atoms with Gasteiger partial charge in [0.05, 0.1) is 6.04 Å². The van der Waals surface area contributed by atoms with Crippen molar-refractivity contribution in [1.82, 2.24) is 15.2 Å². The van der Waals surface area contributed by atoms with Crippen LogP contribution in [0.4, 0.5) is 0 Å². The van der Waals surface area contributed by atoms with Crippen LogP contribution in [0.3, 0.4) is 0 Å². The lowest BCUT2D eigenvalue weighted by molar-refractivity contribution is -0.126. The lowest BCUT2D eigenvalue weighted by Crippen LogP contribution is -2.45. The summed E-state index contributed by atoms with van der Waals surface area (Å²) in [4.78, 5) is 18.9. The Kier molecular flexibility index (Phi) is 5.12. The minimum absolute atomic E-state index is 0.0243. The maximum Gasteiger partial charge on any atom is 0.237 e. The Morgan fingerprint density at radius 2 is 2.10 bits per heavy atom. The third kappa shape index (κ3) is 3.57. The van der Waals surface area contributed by atoms with Gasteiger partial charge in [-0.15, -0.1) is 0 Å². The van der Waals surface area contributed by atoms with Gasteiger partial charge in [-0.3, -0.25) is 14.7 Å². The van der Waals surface area contributed by atoms with Gasteiger partial charge in [0.1, 0.15) is 0 Å². The number of hydrogen-bond donors (Lipinski definition) is 1. The maximum atomic E-state index is 12.3. The van der Waals surface area contributed by atoms with E-state index in [9.17, 15) is 4.79 Å². The molecule has 20 heavy (non-hydrogen) atoms. The molecule has 110 valence electrons. The fourth-order valence-corrected chi connectivity index (χ4v) is 2.87. The number of hydrogen-bond acceptors (Lipinski definition) is 3. The second-order valence-electron chi connectivity index (χ2n) is 5.64. The fourth-order valence-electron chi connectivity index (χ4n) is 2.87. The van der Waals surface area contributed by atoms with Crippen LogP contribution in [-0.2, 0) is 11.3 Å².